The fraction of sp³-hybridized carbons (Fsp3) is 0.625. The zero-order chi connectivity index (χ0) is 13.3. The number of aryl methyl sites for hydroxylation is 2. The van der Waals surface area contributed by atoms with E-state index in [2.05, 4.69) is 32.0 Å². The van der Waals surface area contributed by atoms with Crippen LogP contribution in [0, 0.1) is 13.8 Å². The van der Waals surface area contributed by atoms with Crippen molar-refractivity contribution in [1.82, 2.24) is 0 Å². The van der Waals surface area contributed by atoms with E-state index in [1.165, 1.54) is 11.1 Å². The van der Waals surface area contributed by atoms with Gasteiger partial charge in [-0.1, -0.05) is 6.07 Å². The van der Waals surface area contributed by atoms with Gasteiger partial charge in [-0.25, -0.2) is 0 Å². The minimum atomic E-state index is -0.0816. The minimum absolute atomic E-state index is 0.0816. The Balaban J connectivity index is 1.69. The van der Waals surface area contributed by atoms with E-state index in [1.807, 2.05) is 0 Å². The molecule has 3 nitrogen and oxygen atoms in total. The smallest absolute Gasteiger partial charge is 0.120 e. The molecule has 19 heavy (non-hydrogen) atoms. The molecule has 1 aromatic rings. The Morgan fingerprint density at radius 3 is 2.63 bits per heavy atom. The van der Waals surface area contributed by atoms with Crippen LogP contribution < -0.4 is 4.74 Å². The summed E-state index contributed by atoms with van der Waals surface area (Å²) in [4.78, 5) is 0. The first kappa shape index (κ1) is 12.9. The summed E-state index contributed by atoms with van der Waals surface area (Å²) in [7, 11) is 0. The van der Waals surface area contributed by atoms with Crippen molar-refractivity contribution in [2.45, 2.75) is 44.8 Å². The highest BCUT2D eigenvalue weighted by Crippen LogP contribution is 2.34. The van der Waals surface area contributed by atoms with Gasteiger partial charge in [-0.3, -0.25) is 0 Å². The second-order valence-corrected chi connectivity index (χ2v) is 5.89. The minimum Gasteiger partial charge on any atom is -0.490 e. The first-order chi connectivity index (χ1) is 9.15. The third-order valence-electron chi connectivity index (χ3n) is 4.01. The lowest BCUT2D eigenvalue weighted by Crippen LogP contribution is -2.44. The summed E-state index contributed by atoms with van der Waals surface area (Å²) in [5.74, 6) is 0.985. The van der Waals surface area contributed by atoms with Crippen LogP contribution in [0.2, 0.25) is 0 Å². The van der Waals surface area contributed by atoms with Gasteiger partial charge in [0.05, 0.1) is 18.8 Å². The van der Waals surface area contributed by atoms with Crippen molar-refractivity contribution >= 4 is 0 Å². The van der Waals surface area contributed by atoms with Gasteiger partial charge in [-0.15, -0.1) is 0 Å². The molecule has 0 N–H and O–H groups in total. The molecule has 2 aliphatic rings. The first-order valence-electron chi connectivity index (χ1n) is 7.12. The maximum absolute atomic E-state index is 6.17. The Bertz CT molecular complexity index is 429. The number of hydrogen-bond donors (Lipinski definition) is 0. The van der Waals surface area contributed by atoms with Gasteiger partial charge in [0.25, 0.3) is 0 Å². The fourth-order valence-corrected chi connectivity index (χ4v) is 3.14. The second kappa shape index (κ2) is 5.14. The van der Waals surface area contributed by atoms with Gasteiger partial charge in [0.1, 0.15) is 11.9 Å². The molecule has 2 heterocycles. The molecule has 0 bridgehead atoms. The monoisotopic (exact) mass is 262 g/mol. The summed E-state index contributed by atoms with van der Waals surface area (Å²) in [6.07, 6.45) is 3.16. The maximum atomic E-state index is 6.17. The van der Waals surface area contributed by atoms with E-state index in [-0.39, 0.29) is 11.7 Å². The zero-order valence-electron chi connectivity index (χ0n) is 11.8. The van der Waals surface area contributed by atoms with E-state index < -0.39 is 0 Å². The summed E-state index contributed by atoms with van der Waals surface area (Å²) < 4.78 is 17.6. The van der Waals surface area contributed by atoms with Crippen molar-refractivity contribution < 1.29 is 14.2 Å². The molecule has 3 heteroatoms. The lowest BCUT2D eigenvalue weighted by Gasteiger charge is -2.37. The normalized spacial score (nSPS) is 30.7. The third-order valence-corrected chi connectivity index (χ3v) is 4.01. The van der Waals surface area contributed by atoms with Gasteiger partial charge in [-0.05, 0) is 37.1 Å². The van der Waals surface area contributed by atoms with Gasteiger partial charge >= 0.3 is 0 Å². The second-order valence-electron chi connectivity index (χ2n) is 5.89. The molecule has 0 saturated carbocycles. The molecule has 2 aliphatic heterocycles. The van der Waals surface area contributed by atoms with Crippen LogP contribution in [0.3, 0.4) is 0 Å². The Morgan fingerprint density at radius 1 is 1.16 bits per heavy atom. The largest absolute Gasteiger partial charge is 0.490 e. The summed E-state index contributed by atoms with van der Waals surface area (Å²) in [6.45, 7) is 6.53. The lowest BCUT2D eigenvalue weighted by molar-refractivity contribution is -0.112. The highest BCUT2D eigenvalue weighted by Gasteiger charge is 2.41. The highest BCUT2D eigenvalue weighted by atomic mass is 16.6. The molecular weight excluding hydrogens is 240 g/mol. The number of benzene rings is 1. The van der Waals surface area contributed by atoms with Crippen molar-refractivity contribution in [3.63, 3.8) is 0 Å². The van der Waals surface area contributed by atoms with E-state index in [4.69, 9.17) is 14.2 Å². The average Bonchev–Trinajstić information content (AvgIpc) is 2.76. The van der Waals surface area contributed by atoms with Crippen molar-refractivity contribution in [2.24, 2.45) is 0 Å². The van der Waals surface area contributed by atoms with E-state index in [0.29, 0.717) is 0 Å². The molecule has 2 unspecified atom stereocenters. The van der Waals surface area contributed by atoms with Gasteiger partial charge in [0.2, 0.25) is 0 Å². The maximum Gasteiger partial charge on any atom is 0.120 e. The molecule has 0 aromatic heterocycles. The van der Waals surface area contributed by atoms with E-state index in [1.54, 1.807) is 0 Å². The molecular formula is C16H22O3. The standard InChI is InChI=1S/C16H22O3/c1-12-7-13(2)9-15(8-12)19-14-3-5-18-16(10-14)4-6-17-11-16/h7-9,14H,3-6,10-11H2,1-2H3. The molecule has 2 atom stereocenters. The van der Waals surface area contributed by atoms with Gasteiger partial charge in [-0.2, -0.15) is 0 Å². The quantitative estimate of drug-likeness (QED) is 0.820. The zero-order valence-corrected chi connectivity index (χ0v) is 11.8. The van der Waals surface area contributed by atoms with Crippen molar-refractivity contribution in [3.05, 3.63) is 29.3 Å². The van der Waals surface area contributed by atoms with Crippen LogP contribution in [0.4, 0.5) is 0 Å². The Labute approximate surface area is 114 Å². The summed E-state index contributed by atoms with van der Waals surface area (Å²) in [6, 6.07) is 6.39. The molecule has 2 saturated heterocycles. The van der Waals surface area contributed by atoms with E-state index >= 15 is 0 Å². The Hall–Kier alpha value is -1.06. The van der Waals surface area contributed by atoms with E-state index in [9.17, 15) is 0 Å². The van der Waals surface area contributed by atoms with Crippen LogP contribution >= 0.6 is 0 Å². The van der Waals surface area contributed by atoms with Crippen molar-refractivity contribution in [1.29, 1.82) is 0 Å². The van der Waals surface area contributed by atoms with Crippen molar-refractivity contribution in [3.8, 4) is 5.75 Å². The third kappa shape index (κ3) is 2.93. The fourth-order valence-electron chi connectivity index (χ4n) is 3.14. The van der Waals surface area contributed by atoms with Gasteiger partial charge < -0.3 is 14.2 Å². The molecule has 0 radical (unpaired) electrons. The molecule has 0 aliphatic carbocycles. The van der Waals surface area contributed by atoms with Crippen LogP contribution in [0.25, 0.3) is 0 Å². The van der Waals surface area contributed by atoms with Crippen LogP contribution in [0.15, 0.2) is 18.2 Å². The first-order valence-corrected chi connectivity index (χ1v) is 7.12. The van der Waals surface area contributed by atoms with Gasteiger partial charge in [0, 0.05) is 25.9 Å². The van der Waals surface area contributed by atoms with Crippen molar-refractivity contribution in [2.75, 3.05) is 19.8 Å². The average molecular weight is 262 g/mol. The lowest BCUT2D eigenvalue weighted by atomic mass is 9.91. The molecule has 1 spiro atoms. The number of rotatable bonds is 2. The summed E-state index contributed by atoms with van der Waals surface area (Å²) >= 11 is 0. The Kier molecular flexibility index (Phi) is 3.50. The van der Waals surface area contributed by atoms with Gasteiger partial charge in [0.15, 0.2) is 0 Å². The Morgan fingerprint density at radius 2 is 1.95 bits per heavy atom. The van der Waals surface area contributed by atoms with Crippen LogP contribution in [0.1, 0.15) is 30.4 Å². The van der Waals surface area contributed by atoms with Crippen LogP contribution in [-0.2, 0) is 9.47 Å². The summed E-state index contributed by atoms with van der Waals surface area (Å²) in [5.41, 5.74) is 2.42. The SMILES string of the molecule is Cc1cc(C)cc(OC2CCOC3(CCOC3)C2)c1. The predicted octanol–water partition coefficient (Wildman–Crippen LogP) is 3.02. The number of ether oxygens (including phenoxy) is 3. The highest BCUT2D eigenvalue weighted by molar-refractivity contribution is 5.33. The molecule has 1 aromatic carbocycles. The molecule has 0 amide bonds. The van der Waals surface area contributed by atoms with Crippen LogP contribution in [-0.4, -0.2) is 31.5 Å². The molecule has 104 valence electrons. The topological polar surface area (TPSA) is 27.7 Å². The molecule has 2 fully saturated rings. The molecule has 3 rings (SSSR count). The number of hydrogen-bond acceptors (Lipinski definition) is 3. The van der Waals surface area contributed by atoms with E-state index in [0.717, 1.165) is 44.8 Å². The van der Waals surface area contributed by atoms with Crippen LogP contribution in [0.5, 0.6) is 5.75 Å². The summed E-state index contributed by atoms with van der Waals surface area (Å²) in [5, 5.41) is 0. The predicted molar refractivity (Wildman–Crippen MR) is 73.7 cm³/mol.